The number of carbonyl (C=O) groups is 2. The highest BCUT2D eigenvalue weighted by Gasteiger charge is 2.09. The third-order valence-electron chi connectivity index (χ3n) is 2.99. The van der Waals surface area contributed by atoms with E-state index in [1.165, 1.54) is 17.4 Å². The Labute approximate surface area is 129 Å². The second-order valence-electron chi connectivity index (χ2n) is 4.53. The first-order valence-electron chi connectivity index (χ1n) is 6.43. The minimum Gasteiger partial charge on any atom is -0.366 e. The Bertz CT molecular complexity index is 865. The fourth-order valence-corrected chi connectivity index (χ4v) is 2.62. The van der Waals surface area contributed by atoms with E-state index in [1.807, 2.05) is 11.4 Å². The van der Waals surface area contributed by atoms with Crippen LogP contribution in [0.1, 0.15) is 15.2 Å². The number of carbonyl (C=O) groups excluding carboxylic acids is 2. The summed E-state index contributed by atoms with van der Waals surface area (Å²) in [6.45, 7) is 0. The van der Waals surface area contributed by atoms with Crippen LogP contribution in [0, 0.1) is 0 Å². The molecule has 6 nitrogen and oxygen atoms in total. The molecule has 0 bridgehead atoms. The normalized spacial score (nSPS) is 11.1. The van der Waals surface area contributed by atoms with E-state index in [4.69, 9.17) is 5.73 Å². The van der Waals surface area contributed by atoms with Crippen molar-refractivity contribution in [2.45, 2.75) is 0 Å². The van der Waals surface area contributed by atoms with Gasteiger partial charge in [0.2, 0.25) is 5.91 Å². The molecule has 3 rings (SSSR count). The van der Waals surface area contributed by atoms with Crippen LogP contribution in [0.15, 0.2) is 42.0 Å². The Hall–Kier alpha value is -2.93. The Morgan fingerprint density at radius 3 is 3.00 bits per heavy atom. The van der Waals surface area contributed by atoms with Crippen LogP contribution in [0.4, 0.5) is 5.69 Å². The van der Waals surface area contributed by atoms with E-state index < -0.39 is 5.91 Å². The predicted octanol–water partition coefficient (Wildman–Crippen LogP) is 2.38. The van der Waals surface area contributed by atoms with Gasteiger partial charge in [0.15, 0.2) is 0 Å². The van der Waals surface area contributed by atoms with Crippen molar-refractivity contribution >= 4 is 45.9 Å². The van der Waals surface area contributed by atoms with Gasteiger partial charge in [-0.3, -0.25) is 9.59 Å². The summed E-state index contributed by atoms with van der Waals surface area (Å²) >= 11 is 1.37. The van der Waals surface area contributed by atoms with Gasteiger partial charge in [-0.05, 0) is 23.6 Å². The van der Waals surface area contributed by atoms with Gasteiger partial charge in [0.1, 0.15) is 5.65 Å². The Balaban J connectivity index is 1.90. The van der Waals surface area contributed by atoms with Gasteiger partial charge in [-0.2, -0.15) is 0 Å². The molecule has 7 heteroatoms. The molecule has 0 saturated heterocycles. The summed E-state index contributed by atoms with van der Waals surface area (Å²) in [7, 11) is 0. The second-order valence-corrected chi connectivity index (χ2v) is 5.48. The molecule has 0 aliphatic heterocycles. The van der Waals surface area contributed by atoms with Gasteiger partial charge in [-0.15, -0.1) is 11.3 Å². The smallest absolute Gasteiger partial charge is 0.265 e. The quantitative estimate of drug-likeness (QED) is 0.645. The van der Waals surface area contributed by atoms with Gasteiger partial charge in [-0.1, -0.05) is 6.07 Å². The number of pyridine rings is 1. The summed E-state index contributed by atoms with van der Waals surface area (Å²) in [4.78, 5) is 30.7. The molecule has 3 heterocycles. The number of hydrogen-bond acceptors (Lipinski definition) is 4. The molecule has 0 aliphatic carbocycles. The number of H-pyrrole nitrogens is 1. The second kappa shape index (κ2) is 5.82. The maximum atomic E-state index is 12.0. The van der Waals surface area contributed by atoms with E-state index in [-0.39, 0.29) is 5.91 Å². The molecule has 0 spiro atoms. The van der Waals surface area contributed by atoms with Gasteiger partial charge >= 0.3 is 0 Å². The molecule has 0 radical (unpaired) electrons. The van der Waals surface area contributed by atoms with E-state index >= 15 is 0 Å². The summed E-state index contributed by atoms with van der Waals surface area (Å²) < 4.78 is 0. The number of aromatic amines is 1. The Morgan fingerprint density at radius 1 is 1.41 bits per heavy atom. The molecule has 0 fully saturated rings. The molecular weight excluding hydrogens is 300 g/mol. The summed E-state index contributed by atoms with van der Waals surface area (Å²) in [5.41, 5.74) is 7.12. The summed E-state index contributed by atoms with van der Waals surface area (Å²) in [6.07, 6.45) is 6.18. The predicted molar refractivity (Wildman–Crippen MR) is 86.6 cm³/mol. The zero-order valence-corrected chi connectivity index (χ0v) is 12.2. The van der Waals surface area contributed by atoms with Crippen LogP contribution in [0.3, 0.4) is 0 Å². The minimum absolute atomic E-state index is 0.180. The standard InChI is InChI=1S/C15H12N4O2S/c16-13(20)4-3-9-7-17-14-11(9)6-10(8-18-14)19-15(21)12-2-1-5-22-12/h1-8H,(H2,16,20)(H,17,18)(H,19,21)/b4-3+. The summed E-state index contributed by atoms with van der Waals surface area (Å²) in [5.74, 6) is -0.703. The van der Waals surface area contributed by atoms with Gasteiger partial charge in [0, 0.05) is 23.2 Å². The average Bonchev–Trinajstić information content (AvgIpc) is 3.14. The maximum absolute atomic E-state index is 12.0. The largest absolute Gasteiger partial charge is 0.366 e. The van der Waals surface area contributed by atoms with Crippen LogP contribution in [0.25, 0.3) is 17.1 Å². The highest BCUT2D eigenvalue weighted by atomic mass is 32.1. The van der Waals surface area contributed by atoms with Crippen LogP contribution in [0.2, 0.25) is 0 Å². The first-order valence-corrected chi connectivity index (χ1v) is 7.31. The van der Waals surface area contributed by atoms with Crippen LogP contribution < -0.4 is 11.1 Å². The summed E-state index contributed by atoms with van der Waals surface area (Å²) in [5, 5.41) is 5.43. The zero-order valence-electron chi connectivity index (χ0n) is 11.4. The van der Waals surface area contributed by atoms with Crippen molar-refractivity contribution in [2.24, 2.45) is 5.73 Å². The van der Waals surface area contributed by atoms with Crippen LogP contribution in [0.5, 0.6) is 0 Å². The molecule has 0 aliphatic rings. The van der Waals surface area contributed by atoms with Crippen molar-refractivity contribution in [3.63, 3.8) is 0 Å². The van der Waals surface area contributed by atoms with Crippen molar-refractivity contribution in [3.05, 3.63) is 52.5 Å². The molecule has 0 unspecified atom stereocenters. The number of thiophene rings is 1. The number of rotatable bonds is 4. The van der Waals surface area contributed by atoms with Gasteiger partial charge in [-0.25, -0.2) is 4.98 Å². The van der Waals surface area contributed by atoms with E-state index in [0.717, 1.165) is 10.9 Å². The number of aromatic nitrogens is 2. The molecule has 0 atom stereocenters. The molecule has 3 aromatic rings. The van der Waals surface area contributed by atoms with E-state index in [1.54, 1.807) is 30.6 Å². The minimum atomic E-state index is -0.524. The van der Waals surface area contributed by atoms with Crippen molar-refractivity contribution in [3.8, 4) is 0 Å². The zero-order chi connectivity index (χ0) is 15.5. The molecule has 3 aromatic heterocycles. The summed E-state index contributed by atoms with van der Waals surface area (Å²) in [6, 6.07) is 5.37. The number of fused-ring (bicyclic) bond motifs is 1. The van der Waals surface area contributed by atoms with Gasteiger partial charge < -0.3 is 16.0 Å². The van der Waals surface area contributed by atoms with Crippen molar-refractivity contribution < 1.29 is 9.59 Å². The number of nitrogens with zero attached hydrogens (tertiary/aromatic N) is 1. The fourth-order valence-electron chi connectivity index (χ4n) is 2.00. The maximum Gasteiger partial charge on any atom is 0.265 e. The third kappa shape index (κ3) is 2.89. The fraction of sp³-hybridized carbons (Fsp3) is 0. The lowest BCUT2D eigenvalue weighted by molar-refractivity contribution is -0.113. The van der Waals surface area contributed by atoms with Gasteiger partial charge in [0.05, 0.1) is 16.8 Å². The molecule has 22 heavy (non-hydrogen) atoms. The average molecular weight is 312 g/mol. The lowest BCUT2D eigenvalue weighted by atomic mass is 10.2. The number of nitrogens with two attached hydrogens (primary N) is 1. The number of primary amides is 1. The number of nitrogens with one attached hydrogen (secondary N) is 2. The first kappa shape index (κ1) is 14.0. The monoisotopic (exact) mass is 312 g/mol. The molecule has 0 aromatic carbocycles. The topological polar surface area (TPSA) is 101 Å². The van der Waals surface area contributed by atoms with E-state index in [2.05, 4.69) is 15.3 Å². The van der Waals surface area contributed by atoms with Crippen LogP contribution >= 0.6 is 11.3 Å². The Kier molecular flexibility index (Phi) is 3.71. The lowest BCUT2D eigenvalue weighted by Gasteiger charge is -2.03. The molecule has 110 valence electrons. The van der Waals surface area contributed by atoms with Crippen molar-refractivity contribution in [2.75, 3.05) is 5.32 Å². The third-order valence-corrected chi connectivity index (χ3v) is 3.86. The van der Waals surface area contributed by atoms with Gasteiger partial charge in [0.25, 0.3) is 5.91 Å². The number of hydrogen-bond donors (Lipinski definition) is 3. The molecular formula is C15H12N4O2S. The van der Waals surface area contributed by atoms with Crippen molar-refractivity contribution in [1.82, 2.24) is 9.97 Å². The molecule has 4 N–H and O–H groups in total. The lowest BCUT2D eigenvalue weighted by Crippen LogP contribution is -2.10. The SMILES string of the molecule is NC(=O)/C=C/c1c[nH]c2ncc(NC(=O)c3cccs3)cc12. The highest BCUT2D eigenvalue weighted by Crippen LogP contribution is 2.22. The van der Waals surface area contributed by atoms with E-state index in [9.17, 15) is 9.59 Å². The first-order chi connectivity index (χ1) is 10.6. The van der Waals surface area contributed by atoms with E-state index in [0.29, 0.717) is 16.2 Å². The number of anilines is 1. The Morgan fingerprint density at radius 2 is 2.27 bits per heavy atom. The number of amides is 2. The highest BCUT2D eigenvalue weighted by molar-refractivity contribution is 7.12. The molecule has 2 amide bonds. The molecule has 0 saturated carbocycles. The van der Waals surface area contributed by atoms with Crippen molar-refractivity contribution in [1.29, 1.82) is 0 Å². The van der Waals surface area contributed by atoms with Crippen LogP contribution in [-0.4, -0.2) is 21.8 Å². The van der Waals surface area contributed by atoms with Crippen LogP contribution in [-0.2, 0) is 4.79 Å².